The molecule has 0 amide bonds. The van der Waals surface area contributed by atoms with Gasteiger partial charge >= 0.3 is 0 Å². The summed E-state index contributed by atoms with van der Waals surface area (Å²) in [4.78, 5) is 5.48. The molecule has 0 radical (unpaired) electrons. The zero-order chi connectivity index (χ0) is 19.6. The minimum atomic E-state index is -3.11. The molecule has 3 aliphatic rings. The molecule has 0 N–H and O–H groups in total. The molecule has 6 heteroatoms. The molecule has 2 aliphatic heterocycles. The van der Waals surface area contributed by atoms with E-state index in [0.29, 0.717) is 4.90 Å². The standard InChI is InChI=1S/C22H34N2O3S/c1-28(25,26)19-8-6-18(7-9-19)14-24-15-20-21(16-24)22(20)17-27-13-5-12-23-10-3-2-4-11-23/h6-9,20-22H,2-5,10-17H2,1H3/t20-,21+,22-. The van der Waals surface area contributed by atoms with Crippen LogP contribution in [-0.2, 0) is 21.1 Å². The van der Waals surface area contributed by atoms with Gasteiger partial charge in [0.15, 0.2) is 9.84 Å². The van der Waals surface area contributed by atoms with Crippen molar-refractivity contribution in [3.05, 3.63) is 29.8 Å². The van der Waals surface area contributed by atoms with Crippen LogP contribution in [0.5, 0.6) is 0 Å². The molecule has 2 heterocycles. The van der Waals surface area contributed by atoms with Crippen molar-refractivity contribution < 1.29 is 13.2 Å². The van der Waals surface area contributed by atoms with Crippen LogP contribution in [0.25, 0.3) is 0 Å². The molecule has 156 valence electrons. The highest BCUT2D eigenvalue weighted by molar-refractivity contribution is 7.90. The normalized spacial score (nSPS) is 28.4. The summed E-state index contributed by atoms with van der Waals surface area (Å²) in [5.41, 5.74) is 1.19. The Balaban J connectivity index is 1.10. The fraction of sp³-hybridized carbons (Fsp3) is 0.727. The van der Waals surface area contributed by atoms with Crippen LogP contribution in [-0.4, -0.2) is 70.4 Å². The van der Waals surface area contributed by atoms with Gasteiger partial charge in [0.25, 0.3) is 0 Å². The molecule has 2 saturated heterocycles. The second-order valence-corrected chi connectivity index (χ2v) is 10.9. The summed E-state index contributed by atoms with van der Waals surface area (Å²) in [6, 6.07) is 7.34. The molecule has 3 atom stereocenters. The van der Waals surface area contributed by atoms with Gasteiger partial charge in [-0.05, 0) is 67.8 Å². The Morgan fingerprint density at radius 3 is 2.32 bits per heavy atom. The maximum atomic E-state index is 11.6. The Morgan fingerprint density at radius 1 is 1.00 bits per heavy atom. The van der Waals surface area contributed by atoms with Gasteiger partial charge in [0.2, 0.25) is 0 Å². The van der Waals surface area contributed by atoms with E-state index >= 15 is 0 Å². The minimum absolute atomic E-state index is 0.401. The fourth-order valence-corrected chi connectivity index (χ4v) is 5.64. The lowest BCUT2D eigenvalue weighted by molar-refractivity contribution is 0.0967. The molecule has 0 bridgehead atoms. The van der Waals surface area contributed by atoms with Crippen molar-refractivity contribution >= 4 is 9.84 Å². The smallest absolute Gasteiger partial charge is 0.175 e. The van der Waals surface area contributed by atoms with E-state index in [4.69, 9.17) is 4.74 Å². The highest BCUT2D eigenvalue weighted by Gasteiger charge is 2.55. The number of hydrogen-bond acceptors (Lipinski definition) is 5. The Morgan fingerprint density at radius 2 is 1.68 bits per heavy atom. The maximum Gasteiger partial charge on any atom is 0.175 e. The molecular weight excluding hydrogens is 372 g/mol. The van der Waals surface area contributed by atoms with Gasteiger partial charge < -0.3 is 9.64 Å². The first-order chi connectivity index (χ1) is 13.5. The fourth-order valence-electron chi connectivity index (χ4n) is 5.01. The second-order valence-electron chi connectivity index (χ2n) is 8.93. The number of ether oxygens (including phenoxy) is 1. The quantitative estimate of drug-likeness (QED) is 0.590. The SMILES string of the molecule is CS(=O)(=O)c1ccc(CN2C[C@@H]3[C@H](COCCCN4CCCCC4)[C@@H]3C2)cc1. The molecule has 1 aliphatic carbocycles. The van der Waals surface area contributed by atoms with Gasteiger partial charge in [0, 0.05) is 39.0 Å². The highest BCUT2D eigenvalue weighted by Crippen LogP contribution is 2.52. The summed E-state index contributed by atoms with van der Waals surface area (Å²) in [7, 11) is -3.11. The van der Waals surface area contributed by atoms with Crippen molar-refractivity contribution in [3.63, 3.8) is 0 Å². The number of nitrogens with zero attached hydrogens (tertiary/aromatic N) is 2. The summed E-state index contributed by atoms with van der Waals surface area (Å²) in [5, 5.41) is 0. The summed E-state index contributed by atoms with van der Waals surface area (Å²) >= 11 is 0. The van der Waals surface area contributed by atoms with Gasteiger partial charge in [0.05, 0.1) is 11.5 Å². The average Bonchev–Trinajstić information content (AvgIpc) is 3.13. The van der Waals surface area contributed by atoms with Gasteiger partial charge in [-0.15, -0.1) is 0 Å². The van der Waals surface area contributed by atoms with Gasteiger partial charge in [-0.2, -0.15) is 0 Å². The zero-order valence-electron chi connectivity index (χ0n) is 17.1. The molecule has 1 saturated carbocycles. The third kappa shape index (κ3) is 5.15. The van der Waals surface area contributed by atoms with E-state index in [1.165, 1.54) is 50.7 Å². The third-order valence-electron chi connectivity index (χ3n) is 6.73. The van der Waals surface area contributed by atoms with Gasteiger partial charge in [-0.3, -0.25) is 4.90 Å². The number of benzene rings is 1. The molecule has 5 nitrogen and oxygen atoms in total. The van der Waals surface area contributed by atoms with Crippen LogP contribution < -0.4 is 0 Å². The van der Waals surface area contributed by atoms with Crippen molar-refractivity contribution in [2.24, 2.45) is 17.8 Å². The number of hydrogen-bond donors (Lipinski definition) is 0. The Kier molecular flexibility index (Phi) is 6.40. The molecule has 0 spiro atoms. The summed E-state index contributed by atoms with van der Waals surface area (Å²) in [5.74, 6) is 2.37. The number of rotatable bonds is 9. The molecule has 28 heavy (non-hydrogen) atoms. The number of piperidine rings is 2. The van der Waals surface area contributed by atoms with E-state index < -0.39 is 9.84 Å². The Hall–Kier alpha value is -0.950. The first kappa shape index (κ1) is 20.3. The molecular formula is C22H34N2O3S. The van der Waals surface area contributed by atoms with Gasteiger partial charge in [-0.1, -0.05) is 18.6 Å². The predicted octanol–water partition coefficient (Wildman–Crippen LogP) is 2.66. The molecule has 0 unspecified atom stereocenters. The minimum Gasteiger partial charge on any atom is -0.381 e. The Labute approximate surface area is 170 Å². The lowest BCUT2D eigenvalue weighted by atomic mass is 10.1. The lowest BCUT2D eigenvalue weighted by Crippen LogP contribution is -2.31. The van der Waals surface area contributed by atoms with E-state index in [2.05, 4.69) is 9.80 Å². The first-order valence-corrected chi connectivity index (χ1v) is 12.7. The van der Waals surface area contributed by atoms with Crippen LogP contribution in [0, 0.1) is 17.8 Å². The summed E-state index contributed by atoms with van der Waals surface area (Å²) in [6.45, 7) is 8.82. The van der Waals surface area contributed by atoms with E-state index in [1.54, 1.807) is 12.1 Å². The van der Waals surface area contributed by atoms with Crippen molar-refractivity contribution in [3.8, 4) is 0 Å². The topological polar surface area (TPSA) is 49.9 Å². The van der Waals surface area contributed by atoms with Crippen LogP contribution in [0.4, 0.5) is 0 Å². The van der Waals surface area contributed by atoms with Crippen LogP contribution in [0.1, 0.15) is 31.2 Å². The number of likely N-dealkylation sites (tertiary alicyclic amines) is 2. The number of sulfone groups is 1. The van der Waals surface area contributed by atoms with E-state index in [0.717, 1.165) is 57.0 Å². The largest absolute Gasteiger partial charge is 0.381 e. The average molecular weight is 407 g/mol. The second kappa shape index (κ2) is 8.82. The van der Waals surface area contributed by atoms with Crippen molar-refractivity contribution in [1.29, 1.82) is 0 Å². The molecule has 3 fully saturated rings. The van der Waals surface area contributed by atoms with Crippen LogP contribution in [0.2, 0.25) is 0 Å². The third-order valence-corrected chi connectivity index (χ3v) is 7.86. The van der Waals surface area contributed by atoms with Gasteiger partial charge in [-0.25, -0.2) is 8.42 Å². The van der Waals surface area contributed by atoms with Crippen LogP contribution in [0.3, 0.4) is 0 Å². The molecule has 1 aromatic carbocycles. The molecule has 0 aromatic heterocycles. The zero-order valence-corrected chi connectivity index (χ0v) is 17.9. The predicted molar refractivity (Wildman–Crippen MR) is 111 cm³/mol. The summed E-state index contributed by atoms with van der Waals surface area (Å²) in [6.07, 6.45) is 6.55. The van der Waals surface area contributed by atoms with E-state index in [-0.39, 0.29) is 0 Å². The van der Waals surface area contributed by atoms with Crippen molar-refractivity contribution in [2.75, 3.05) is 52.2 Å². The Bertz CT molecular complexity index is 732. The van der Waals surface area contributed by atoms with Crippen molar-refractivity contribution in [2.45, 2.75) is 37.1 Å². The molecule has 4 rings (SSSR count). The lowest BCUT2D eigenvalue weighted by Gasteiger charge is -2.26. The first-order valence-electron chi connectivity index (χ1n) is 10.8. The van der Waals surface area contributed by atoms with Gasteiger partial charge in [0.1, 0.15) is 0 Å². The van der Waals surface area contributed by atoms with Crippen molar-refractivity contribution in [1.82, 2.24) is 9.80 Å². The monoisotopic (exact) mass is 406 g/mol. The molecule has 1 aromatic rings. The van der Waals surface area contributed by atoms with E-state index in [1.807, 2.05) is 12.1 Å². The highest BCUT2D eigenvalue weighted by atomic mass is 32.2. The van der Waals surface area contributed by atoms with Crippen LogP contribution >= 0.6 is 0 Å². The maximum absolute atomic E-state index is 11.6. The van der Waals surface area contributed by atoms with Crippen LogP contribution in [0.15, 0.2) is 29.2 Å². The van der Waals surface area contributed by atoms with E-state index in [9.17, 15) is 8.42 Å². The summed E-state index contributed by atoms with van der Waals surface area (Å²) < 4.78 is 29.1. The number of fused-ring (bicyclic) bond motifs is 1.